The fourth-order valence-corrected chi connectivity index (χ4v) is 3.83. The number of anilines is 1. The largest absolute Gasteiger partial charge is 0.369 e. The van der Waals surface area contributed by atoms with E-state index >= 15 is 0 Å². The van der Waals surface area contributed by atoms with Gasteiger partial charge in [-0.3, -0.25) is 0 Å². The highest BCUT2D eigenvalue weighted by Gasteiger charge is 2.24. The molecule has 1 aliphatic heterocycles. The predicted molar refractivity (Wildman–Crippen MR) is 104 cm³/mol. The molecule has 1 N–H and O–H groups in total. The maximum atomic E-state index is 6.37. The molecule has 0 amide bonds. The van der Waals surface area contributed by atoms with Crippen LogP contribution in [-0.2, 0) is 12.8 Å². The van der Waals surface area contributed by atoms with E-state index in [-0.39, 0.29) is 0 Å². The fraction of sp³-hybridized carbons (Fsp3) is 0.250. The SMILES string of the molecule is Cc1ccc(C)c(-n2nc(Cc3ccc(Cl)cc3Cl)c3c2NCC3)c1. The summed E-state index contributed by atoms with van der Waals surface area (Å²) in [6, 6.07) is 12.1. The Bertz CT molecular complexity index is 960. The van der Waals surface area contributed by atoms with Gasteiger partial charge in [0.25, 0.3) is 0 Å². The number of fused-ring (bicyclic) bond motifs is 1. The molecule has 0 spiro atoms. The third-order valence-corrected chi connectivity index (χ3v) is 5.29. The van der Waals surface area contributed by atoms with E-state index in [1.54, 1.807) is 6.07 Å². The van der Waals surface area contributed by atoms with Gasteiger partial charge in [-0.05, 0) is 55.2 Å². The average molecular weight is 372 g/mol. The van der Waals surface area contributed by atoms with Crippen molar-refractivity contribution in [2.24, 2.45) is 0 Å². The molecule has 0 atom stereocenters. The fourth-order valence-electron chi connectivity index (χ4n) is 3.36. The molecule has 5 heteroatoms. The predicted octanol–water partition coefficient (Wildman–Crippen LogP) is 5.35. The van der Waals surface area contributed by atoms with Gasteiger partial charge in [-0.1, -0.05) is 41.4 Å². The third kappa shape index (κ3) is 3.03. The third-order valence-electron chi connectivity index (χ3n) is 4.70. The molecule has 2 heterocycles. The lowest BCUT2D eigenvalue weighted by Gasteiger charge is -2.10. The minimum Gasteiger partial charge on any atom is -0.369 e. The first kappa shape index (κ1) is 16.5. The van der Waals surface area contributed by atoms with E-state index < -0.39 is 0 Å². The summed E-state index contributed by atoms with van der Waals surface area (Å²) >= 11 is 12.4. The van der Waals surface area contributed by atoms with Gasteiger partial charge in [0.1, 0.15) is 5.82 Å². The zero-order chi connectivity index (χ0) is 17.6. The van der Waals surface area contributed by atoms with E-state index in [9.17, 15) is 0 Å². The first-order chi connectivity index (χ1) is 12.0. The highest BCUT2D eigenvalue weighted by atomic mass is 35.5. The maximum Gasteiger partial charge on any atom is 0.133 e. The van der Waals surface area contributed by atoms with E-state index in [2.05, 4.69) is 37.4 Å². The van der Waals surface area contributed by atoms with Crippen LogP contribution in [0.4, 0.5) is 5.82 Å². The lowest BCUT2D eigenvalue weighted by molar-refractivity contribution is 0.834. The molecule has 3 nitrogen and oxygen atoms in total. The van der Waals surface area contributed by atoms with E-state index in [1.807, 2.05) is 16.8 Å². The van der Waals surface area contributed by atoms with Crippen LogP contribution in [0.5, 0.6) is 0 Å². The van der Waals surface area contributed by atoms with E-state index in [0.717, 1.165) is 35.7 Å². The van der Waals surface area contributed by atoms with Crippen molar-refractivity contribution >= 4 is 29.0 Å². The quantitative estimate of drug-likeness (QED) is 0.671. The van der Waals surface area contributed by atoms with Crippen LogP contribution >= 0.6 is 23.2 Å². The van der Waals surface area contributed by atoms with Crippen LogP contribution in [0.3, 0.4) is 0 Å². The normalized spacial score (nSPS) is 13.0. The Morgan fingerprint density at radius 3 is 2.76 bits per heavy atom. The highest BCUT2D eigenvalue weighted by molar-refractivity contribution is 6.35. The van der Waals surface area contributed by atoms with E-state index in [0.29, 0.717) is 16.5 Å². The molecule has 1 aliphatic rings. The Kier molecular flexibility index (Phi) is 4.22. The molecule has 0 unspecified atom stereocenters. The van der Waals surface area contributed by atoms with Crippen molar-refractivity contribution in [3.8, 4) is 5.69 Å². The minimum atomic E-state index is 0.654. The molecule has 0 bridgehead atoms. The molecule has 0 fully saturated rings. The van der Waals surface area contributed by atoms with Gasteiger partial charge in [-0.25, -0.2) is 4.68 Å². The monoisotopic (exact) mass is 371 g/mol. The Balaban J connectivity index is 1.79. The van der Waals surface area contributed by atoms with Gasteiger partial charge in [0, 0.05) is 28.6 Å². The van der Waals surface area contributed by atoms with Crippen LogP contribution in [-0.4, -0.2) is 16.3 Å². The number of hydrogen-bond donors (Lipinski definition) is 1. The van der Waals surface area contributed by atoms with Gasteiger partial charge >= 0.3 is 0 Å². The summed E-state index contributed by atoms with van der Waals surface area (Å²) < 4.78 is 2.05. The van der Waals surface area contributed by atoms with Crippen LogP contribution in [0.15, 0.2) is 36.4 Å². The van der Waals surface area contributed by atoms with Crippen molar-refractivity contribution in [3.05, 3.63) is 74.4 Å². The summed E-state index contributed by atoms with van der Waals surface area (Å²) in [5.74, 6) is 1.11. The number of nitrogens with one attached hydrogen (secondary N) is 1. The van der Waals surface area contributed by atoms with Crippen LogP contribution < -0.4 is 5.32 Å². The number of aromatic nitrogens is 2. The van der Waals surface area contributed by atoms with Crippen LogP contribution in [0.25, 0.3) is 5.69 Å². The van der Waals surface area contributed by atoms with Gasteiger partial charge in [0.2, 0.25) is 0 Å². The van der Waals surface area contributed by atoms with Gasteiger partial charge in [0.05, 0.1) is 11.4 Å². The number of nitrogens with zero attached hydrogens (tertiary/aromatic N) is 2. The number of halogens is 2. The zero-order valence-electron chi connectivity index (χ0n) is 14.2. The topological polar surface area (TPSA) is 29.9 Å². The van der Waals surface area contributed by atoms with Gasteiger partial charge < -0.3 is 5.32 Å². The summed E-state index contributed by atoms with van der Waals surface area (Å²) in [5.41, 5.74) is 6.97. The molecule has 0 aliphatic carbocycles. The van der Waals surface area contributed by atoms with Gasteiger partial charge in [0.15, 0.2) is 0 Å². The lowest BCUT2D eigenvalue weighted by Crippen LogP contribution is -2.06. The molecule has 0 radical (unpaired) electrons. The molecule has 1 aromatic heterocycles. The minimum absolute atomic E-state index is 0.654. The molecule has 25 heavy (non-hydrogen) atoms. The summed E-state index contributed by atoms with van der Waals surface area (Å²) in [6.07, 6.45) is 1.69. The molecule has 0 saturated heterocycles. The van der Waals surface area contributed by atoms with Crippen LogP contribution in [0.2, 0.25) is 10.0 Å². The highest BCUT2D eigenvalue weighted by Crippen LogP contribution is 2.32. The summed E-state index contributed by atoms with van der Waals surface area (Å²) in [4.78, 5) is 0. The van der Waals surface area contributed by atoms with Crippen LogP contribution in [0, 0.1) is 13.8 Å². The Morgan fingerprint density at radius 2 is 1.96 bits per heavy atom. The molecule has 128 valence electrons. The Labute approximate surface area is 157 Å². The Morgan fingerprint density at radius 1 is 1.12 bits per heavy atom. The molecular formula is C20H19Cl2N3. The number of hydrogen-bond acceptors (Lipinski definition) is 2. The van der Waals surface area contributed by atoms with E-state index in [4.69, 9.17) is 28.3 Å². The number of aryl methyl sites for hydroxylation is 2. The standard InChI is InChI=1S/C20H19Cl2N3/c1-12-3-4-13(2)19(9-12)25-20-16(7-8-23-20)18(24-25)10-14-5-6-15(21)11-17(14)22/h3-6,9,11,23H,7-8,10H2,1-2H3. The molecule has 2 aromatic carbocycles. The smallest absolute Gasteiger partial charge is 0.133 e. The van der Waals surface area contributed by atoms with Crippen molar-refractivity contribution in [3.63, 3.8) is 0 Å². The van der Waals surface area contributed by atoms with Crippen molar-refractivity contribution in [2.45, 2.75) is 26.7 Å². The number of rotatable bonds is 3. The van der Waals surface area contributed by atoms with Crippen molar-refractivity contribution < 1.29 is 0 Å². The summed E-state index contributed by atoms with van der Waals surface area (Å²) in [5, 5.41) is 9.76. The zero-order valence-corrected chi connectivity index (χ0v) is 15.7. The molecule has 0 saturated carbocycles. The second-order valence-electron chi connectivity index (χ2n) is 6.56. The Hall–Kier alpha value is -1.97. The second kappa shape index (κ2) is 6.40. The molecule has 4 rings (SSSR count). The van der Waals surface area contributed by atoms with Crippen molar-refractivity contribution in [1.82, 2.24) is 9.78 Å². The van der Waals surface area contributed by atoms with Gasteiger partial charge in [-0.2, -0.15) is 5.10 Å². The first-order valence-corrected chi connectivity index (χ1v) is 9.14. The van der Waals surface area contributed by atoms with Crippen molar-refractivity contribution in [2.75, 3.05) is 11.9 Å². The summed E-state index contributed by atoms with van der Waals surface area (Å²) in [6.45, 7) is 5.17. The molecular weight excluding hydrogens is 353 g/mol. The first-order valence-electron chi connectivity index (χ1n) is 8.39. The summed E-state index contributed by atoms with van der Waals surface area (Å²) in [7, 11) is 0. The van der Waals surface area contributed by atoms with E-state index in [1.165, 1.54) is 16.7 Å². The van der Waals surface area contributed by atoms with Crippen LogP contribution in [0.1, 0.15) is 27.9 Å². The molecule has 3 aromatic rings. The van der Waals surface area contributed by atoms with Gasteiger partial charge in [-0.15, -0.1) is 0 Å². The van der Waals surface area contributed by atoms with Crippen molar-refractivity contribution in [1.29, 1.82) is 0 Å². The average Bonchev–Trinajstić information content (AvgIpc) is 3.16. The number of benzene rings is 2. The maximum absolute atomic E-state index is 6.37. The second-order valence-corrected chi connectivity index (χ2v) is 7.41. The lowest BCUT2D eigenvalue weighted by atomic mass is 10.1.